The van der Waals surface area contributed by atoms with E-state index in [2.05, 4.69) is 10.2 Å². The molecule has 2 aliphatic carbocycles. The Balaban J connectivity index is 1.58. The van der Waals surface area contributed by atoms with Crippen molar-refractivity contribution in [3.05, 3.63) is 17.2 Å². The van der Waals surface area contributed by atoms with Crippen molar-refractivity contribution < 1.29 is 18.1 Å². The number of benzene rings is 1. The molecule has 2 saturated carbocycles. The maximum atomic E-state index is 11.4. The van der Waals surface area contributed by atoms with Crippen LogP contribution >= 0.6 is 11.6 Å². The lowest BCUT2D eigenvalue weighted by molar-refractivity contribution is 0.315. The summed E-state index contributed by atoms with van der Waals surface area (Å²) in [5.74, 6) is 0.372. The number of piperidine rings is 1. The highest BCUT2D eigenvalue weighted by atomic mass is 35.5. The van der Waals surface area contributed by atoms with Gasteiger partial charge in [-0.2, -0.15) is 18.6 Å². The average molecular weight is 342 g/mol. The number of rotatable bonds is 2. The summed E-state index contributed by atoms with van der Waals surface area (Å²) in [7, 11) is -4.53. The monoisotopic (exact) mass is 341 g/mol. The minimum absolute atomic E-state index is 0.162. The minimum Gasteiger partial charge on any atom is -0.504 e. The van der Waals surface area contributed by atoms with Gasteiger partial charge in [0.15, 0.2) is 5.75 Å². The summed E-state index contributed by atoms with van der Waals surface area (Å²) in [5.41, 5.74) is 0.367. The molecule has 4 aliphatic rings. The van der Waals surface area contributed by atoms with Gasteiger partial charge in [0.25, 0.3) is 10.1 Å². The van der Waals surface area contributed by atoms with E-state index >= 15 is 0 Å². The molecule has 0 unspecified atom stereocenters. The van der Waals surface area contributed by atoms with Crippen LogP contribution in [-0.4, -0.2) is 42.2 Å². The molecule has 7 nitrogen and oxygen atoms in total. The van der Waals surface area contributed by atoms with Crippen molar-refractivity contribution in [1.82, 2.24) is 0 Å². The van der Waals surface area contributed by atoms with E-state index in [4.69, 9.17) is 11.6 Å². The van der Waals surface area contributed by atoms with Crippen molar-refractivity contribution in [1.29, 1.82) is 0 Å². The molecule has 3 fully saturated rings. The summed E-state index contributed by atoms with van der Waals surface area (Å²) >= 11 is 5.96. The third-order valence-corrected chi connectivity index (χ3v) is 6.55. The van der Waals surface area contributed by atoms with Crippen LogP contribution in [0.5, 0.6) is 5.75 Å². The first-order valence-corrected chi connectivity index (χ1v) is 8.88. The largest absolute Gasteiger partial charge is 0.504 e. The molecule has 0 spiro atoms. The normalized spacial score (nSPS) is 40.4. The van der Waals surface area contributed by atoms with Crippen molar-refractivity contribution in [3.63, 3.8) is 0 Å². The van der Waals surface area contributed by atoms with Crippen molar-refractivity contribution in [2.45, 2.75) is 35.5 Å². The van der Waals surface area contributed by atoms with Gasteiger partial charge in [0.05, 0.1) is 17.8 Å². The Morgan fingerprint density at radius 3 is 2.27 bits per heavy atom. The molecule has 2 N–H and O–H groups in total. The Morgan fingerprint density at radius 2 is 1.77 bits per heavy atom. The fraction of sp³-hybridized carbons (Fsp3) is 0.538. The van der Waals surface area contributed by atoms with Crippen LogP contribution < -0.4 is 4.90 Å². The average Bonchev–Trinajstić information content (AvgIpc) is 2.94. The van der Waals surface area contributed by atoms with E-state index in [1.165, 1.54) is 0 Å². The molecule has 1 saturated heterocycles. The predicted octanol–water partition coefficient (Wildman–Crippen LogP) is 1.70. The van der Waals surface area contributed by atoms with Crippen LogP contribution in [-0.2, 0) is 10.1 Å². The van der Waals surface area contributed by atoms with Crippen LogP contribution in [0.3, 0.4) is 0 Å². The van der Waals surface area contributed by atoms with Crippen LogP contribution in [0.25, 0.3) is 0 Å². The molecule has 0 radical (unpaired) electrons. The summed E-state index contributed by atoms with van der Waals surface area (Å²) < 4.78 is 32.0. The van der Waals surface area contributed by atoms with Crippen molar-refractivity contribution in [2.75, 3.05) is 4.90 Å². The van der Waals surface area contributed by atoms with E-state index < -0.39 is 20.8 Å². The van der Waals surface area contributed by atoms with Crippen LogP contribution in [0, 0.1) is 11.8 Å². The zero-order valence-electron chi connectivity index (χ0n) is 11.2. The first-order valence-electron chi connectivity index (χ1n) is 7.06. The van der Waals surface area contributed by atoms with E-state index in [9.17, 15) is 18.1 Å². The van der Waals surface area contributed by atoms with E-state index in [-0.39, 0.29) is 29.2 Å². The van der Waals surface area contributed by atoms with Gasteiger partial charge < -0.3 is 10.0 Å². The number of hydrogen-bond acceptors (Lipinski definition) is 6. The van der Waals surface area contributed by atoms with E-state index in [0.717, 1.165) is 12.5 Å². The lowest BCUT2D eigenvalue weighted by atomic mass is 9.90. The van der Waals surface area contributed by atoms with Crippen molar-refractivity contribution in [3.8, 4) is 5.75 Å². The van der Waals surface area contributed by atoms with Crippen molar-refractivity contribution in [2.24, 2.45) is 22.1 Å². The molecule has 22 heavy (non-hydrogen) atoms. The number of phenolic OH excluding ortho intramolecular Hbond substituents is 1. The van der Waals surface area contributed by atoms with Gasteiger partial charge in [-0.1, -0.05) is 11.6 Å². The zero-order valence-corrected chi connectivity index (χ0v) is 12.7. The summed E-state index contributed by atoms with van der Waals surface area (Å²) in [6.07, 6.45) is 1.08. The topological polar surface area (TPSA) is 102 Å². The van der Waals surface area contributed by atoms with Crippen LogP contribution in [0.15, 0.2) is 27.3 Å². The summed E-state index contributed by atoms with van der Waals surface area (Å²) in [4.78, 5) is 1.45. The Morgan fingerprint density at radius 1 is 1.18 bits per heavy atom. The lowest BCUT2D eigenvalue weighted by Crippen LogP contribution is -2.39. The number of azo groups is 1. The van der Waals surface area contributed by atoms with E-state index in [1.54, 1.807) is 6.07 Å². The predicted molar refractivity (Wildman–Crippen MR) is 77.0 cm³/mol. The van der Waals surface area contributed by atoms with Gasteiger partial charge in [-0.25, -0.2) is 0 Å². The number of halogens is 1. The standard InChI is InChI=1S/C13H12ClN3O4S/c14-4-1-7(13(18)8(2-4)22(19,20)21)17-11-5-3-6(12(11)17)10-9(5)15-16-10/h1-2,5-6,9-12,18H,3H2,(H,19,20,21)/t5-,6+,9+,10-,11+,12-,17?. The third-order valence-electron chi connectivity index (χ3n) is 5.46. The van der Waals surface area contributed by atoms with Gasteiger partial charge in [-0.3, -0.25) is 4.55 Å². The number of aromatic hydroxyl groups is 1. The highest BCUT2D eigenvalue weighted by molar-refractivity contribution is 7.86. The van der Waals surface area contributed by atoms with Crippen LogP contribution in [0.2, 0.25) is 5.02 Å². The number of nitrogens with zero attached hydrogens (tertiary/aromatic N) is 3. The van der Waals surface area contributed by atoms with Gasteiger partial charge in [0, 0.05) is 16.9 Å². The maximum absolute atomic E-state index is 11.4. The molecule has 1 aromatic carbocycles. The molecule has 2 heterocycles. The van der Waals surface area contributed by atoms with Gasteiger partial charge >= 0.3 is 0 Å². The smallest absolute Gasteiger partial charge is 0.298 e. The Kier molecular flexibility index (Phi) is 2.23. The second kappa shape index (κ2) is 3.74. The van der Waals surface area contributed by atoms with Crippen molar-refractivity contribution >= 4 is 27.4 Å². The Bertz CT molecular complexity index is 818. The number of fused-ring (bicyclic) bond motifs is 8. The summed E-state index contributed by atoms with van der Waals surface area (Å²) in [5, 5.41) is 18.8. The highest BCUT2D eigenvalue weighted by Crippen LogP contribution is 2.64. The lowest BCUT2D eigenvalue weighted by Gasteiger charge is -2.27. The van der Waals surface area contributed by atoms with E-state index in [0.29, 0.717) is 17.5 Å². The Hall–Kier alpha value is -1.38. The maximum Gasteiger partial charge on any atom is 0.298 e. The number of phenols is 1. The van der Waals surface area contributed by atoms with Gasteiger partial charge in [0.1, 0.15) is 17.0 Å². The molecule has 0 amide bonds. The third kappa shape index (κ3) is 1.43. The quantitative estimate of drug-likeness (QED) is 0.629. The fourth-order valence-electron chi connectivity index (χ4n) is 4.64. The summed E-state index contributed by atoms with van der Waals surface area (Å²) in [6, 6.07) is 3.66. The van der Waals surface area contributed by atoms with Crippen LogP contribution in [0.1, 0.15) is 6.42 Å². The number of hydrogen-bond donors (Lipinski definition) is 2. The van der Waals surface area contributed by atoms with Crippen LogP contribution in [0.4, 0.5) is 5.69 Å². The molecule has 6 atom stereocenters. The molecule has 116 valence electrons. The molecular formula is C13H12ClN3O4S. The first kappa shape index (κ1) is 13.1. The molecule has 9 heteroatoms. The SMILES string of the molecule is O=S(=O)(O)c1cc(Cl)cc(N2[C@@H]3[C@H]4C[C@H]([C@@H]5N=N[C@H]45)[C@@H]32)c1O. The number of anilines is 1. The second-order valence-electron chi connectivity index (χ2n) is 6.41. The molecule has 2 bridgehead atoms. The zero-order chi connectivity index (χ0) is 15.4. The minimum atomic E-state index is -4.53. The molecule has 0 aromatic heterocycles. The highest BCUT2D eigenvalue weighted by Gasteiger charge is 2.73. The first-order chi connectivity index (χ1) is 10.4. The Labute approximate surface area is 131 Å². The molecular weight excluding hydrogens is 330 g/mol. The van der Waals surface area contributed by atoms with E-state index in [1.807, 2.05) is 4.90 Å². The van der Waals surface area contributed by atoms with Gasteiger partial charge in [0.2, 0.25) is 0 Å². The molecule has 2 aliphatic heterocycles. The fourth-order valence-corrected chi connectivity index (χ4v) is 5.54. The summed E-state index contributed by atoms with van der Waals surface area (Å²) in [6.45, 7) is 0. The van der Waals surface area contributed by atoms with Gasteiger partial charge in [-0.05, 0) is 18.6 Å². The van der Waals surface area contributed by atoms with Gasteiger partial charge in [-0.15, -0.1) is 0 Å². The molecule has 5 rings (SSSR count). The second-order valence-corrected chi connectivity index (χ2v) is 8.24. The molecule has 1 aromatic rings.